The first-order valence-electron chi connectivity index (χ1n) is 5.92. The summed E-state index contributed by atoms with van der Waals surface area (Å²) in [6.07, 6.45) is 0. The molecule has 0 heterocycles. The second kappa shape index (κ2) is 5.80. The fraction of sp³-hybridized carbons (Fsp3) is 0.200. The maximum absolute atomic E-state index is 13.8. The van der Waals surface area contributed by atoms with E-state index in [0.29, 0.717) is 17.9 Å². The van der Waals surface area contributed by atoms with E-state index in [2.05, 4.69) is 5.32 Å². The van der Waals surface area contributed by atoms with Crippen LogP contribution >= 0.6 is 0 Å². The Morgan fingerprint density at radius 2 is 1.84 bits per heavy atom. The number of benzene rings is 2. The summed E-state index contributed by atoms with van der Waals surface area (Å²) in [5.74, 6) is -0.211. The highest BCUT2D eigenvalue weighted by Crippen LogP contribution is 2.30. The molecular formula is C15H15F2NO. The molecule has 1 N–H and O–H groups in total. The topological polar surface area (TPSA) is 21.3 Å². The van der Waals surface area contributed by atoms with Gasteiger partial charge in [-0.2, -0.15) is 0 Å². The predicted molar refractivity (Wildman–Crippen MR) is 71.1 cm³/mol. The quantitative estimate of drug-likeness (QED) is 0.913. The van der Waals surface area contributed by atoms with Crippen molar-refractivity contribution < 1.29 is 13.5 Å². The molecule has 0 atom stereocenters. The van der Waals surface area contributed by atoms with Crippen LogP contribution in [0.5, 0.6) is 5.75 Å². The molecule has 0 unspecified atom stereocenters. The van der Waals surface area contributed by atoms with Crippen LogP contribution in [0.25, 0.3) is 11.1 Å². The zero-order valence-electron chi connectivity index (χ0n) is 10.8. The standard InChI is InChI=1S/C15H15F2NO/c1-18-9-10-7-12(19-2)4-5-13(10)14-8-11(16)3-6-15(14)17/h3-8,18H,9H2,1-2H3. The molecule has 2 nitrogen and oxygen atoms in total. The summed E-state index contributed by atoms with van der Waals surface area (Å²) in [5, 5.41) is 3.01. The lowest BCUT2D eigenvalue weighted by molar-refractivity contribution is 0.414. The molecule has 0 fully saturated rings. The minimum Gasteiger partial charge on any atom is -0.497 e. The van der Waals surface area contributed by atoms with Gasteiger partial charge in [0.1, 0.15) is 17.4 Å². The summed E-state index contributed by atoms with van der Waals surface area (Å²) >= 11 is 0. The van der Waals surface area contributed by atoms with Gasteiger partial charge in [0.25, 0.3) is 0 Å². The molecule has 0 aliphatic heterocycles. The van der Waals surface area contributed by atoms with Crippen LogP contribution in [0.15, 0.2) is 36.4 Å². The highest BCUT2D eigenvalue weighted by Gasteiger charge is 2.11. The monoisotopic (exact) mass is 263 g/mol. The van der Waals surface area contributed by atoms with Crippen LogP contribution < -0.4 is 10.1 Å². The minimum absolute atomic E-state index is 0.257. The van der Waals surface area contributed by atoms with E-state index in [1.54, 1.807) is 26.3 Å². The van der Waals surface area contributed by atoms with E-state index in [9.17, 15) is 8.78 Å². The molecule has 0 aliphatic carbocycles. The van der Waals surface area contributed by atoms with Crippen molar-refractivity contribution in [1.29, 1.82) is 0 Å². The maximum atomic E-state index is 13.8. The number of hydrogen-bond donors (Lipinski definition) is 1. The van der Waals surface area contributed by atoms with Crippen LogP contribution in [0.3, 0.4) is 0 Å². The number of nitrogens with one attached hydrogen (secondary N) is 1. The number of hydrogen-bond acceptors (Lipinski definition) is 2. The average molecular weight is 263 g/mol. The zero-order chi connectivity index (χ0) is 13.8. The summed E-state index contributed by atoms with van der Waals surface area (Å²) in [6, 6.07) is 8.74. The van der Waals surface area contributed by atoms with E-state index < -0.39 is 11.6 Å². The van der Waals surface area contributed by atoms with Crippen molar-refractivity contribution in [3.8, 4) is 16.9 Å². The highest BCUT2D eigenvalue weighted by atomic mass is 19.1. The van der Waals surface area contributed by atoms with E-state index in [1.165, 1.54) is 6.07 Å². The Balaban J connectivity index is 2.57. The number of rotatable bonds is 4. The SMILES string of the molecule is CNCc1cc(OC)ccc1-c1cc(F)ccc1F. The van der Waals surface area contributed by atoms with E-state index in [-0.39, 0.29) is 5.56 Å². The van der Waals surface area contributed by atoms with E-state index in [0.717, 1.165) is 17.7 Å². The average Bonchev–Trinajstić information content (AvgIpc) is 2.42. The lowest BCUT2D eigenvalue weighted by Gasteiger charge is -2.12. The Kier molecular flexibility index (Phi) is 4.12. The summed E-state index contributed by atoms with van der Waals surface area (Å²) in [6.45, 7) is 0.544. The van der Waals surface area contributed by atoms with Crippen molar-refractivity contribution in [3.63, 3.8) is 0 Å². The Hall–Kier alpha value is -1.94. The lowest BCUT2D eigenvalue weighted by atomic mass is 9.98. The first kappa shape index (κ1) is 13.5. The first-order chi connectivity index (χ1) is 9.15. The fourth-order valence-corrected chi connectivity index (χ4v) is 2.00. The molecule has 2 rings (SSSR count). The Morgan fingerprint density at radius 1 is 1.05 bits per heavy atom. The molecule has 19 heavy (non-hydrogen) atoms. The summed E-state index contributed by atoms with van der Waals surface area (Å²) in [7, 11) is 3.37. The van der Waals surface area contributed by atoms with Gasteiger partial charge in [-0.1, -0.05) is 6.07 Å². The third kappa shape index (κ3) is 2.90. The molecular weight excluding hydrogens is 248 g/mol. The van der Waals surface area contributed by atoms with Gasteiger partial charge < -0.3 is 10.1 Å². The van der Waals surface area contributed by atoms with Gasteiger partial charge in [0.15, 0.2) is 0 Å². The van der Waals surface area contributed by atoms with Crippen LogP contribution in [0.2, 0.25) is 0 Å². The van der Waals surface area contributed by atoms with Gasteiger partial charge >= 0.3 is 0 Å². The van der Waals surface area contributed by atoms with Crippen molar-refractivity contribution in [2.75, 3.05) is 14.2 Å². The Labute approximate surface area is 111 Å². The smallest absolute Gasteiger partial charge is 0.131 e. The first-order valence-corrected chi connectivity index (χ1v) is 5.92. The van der Waals surface area contributed by atoms with Gasteiger partial charge in [-0.05, 0) is 48.5 Å². The van der Waals surface area contributed by atoms with Gasteiger partial charge in [0.05, 0.1) is 7.11 Å². The maximum Gasteiger partial charge on any atom is 0.131 e. The van der Waals surface area contributed by atoms with Crippen LogP contribution in [0.1, 0.15) is 5.56 Å². The molecule has 0 saturated carbocycles. The van der Waals surface area contributed by atoms with Crippen molar-refractivity contribution in [1.82, 2.24) is 5.32 Å². The Morgan fingerprint density at radius 3 is 2.53 bits per heavy atom. The summed E-state index contributed by atoms with van der Waals surface area (Å²) in [5.41, 5.74) is 1.77. The van der Waals surface area contributed by atoms with Gasteiger partial charge in [-0.15, -0.1) is 0 Å². The molecule has 4 heteroatoms. The molecule has 0 spiro atoms. The molecule has 0 bridgehead atoms. The summed E-state index contributed by atoms with van der Waals surface area (Å²) in [4.78, 5) is 0. The number of methoxy groups -OCH3 is 1. The largest absolute Gasteiger partial charge is 0.497 e. The van der Waals surface area contributed by atoms with E-state index >= 15 is 0 Å². The van der Waals surface area contributed by atoms with Gasteiger partial charge in [-0.25, -0.2) is 8.78 Å². The van der Waals surface area contributed by atoms with Gasteiger partial charge in [0.2, 0.25) is 0 Å². The normalized spacial score (nSPS) is 10.5. The fourth-order valence-electron chi connectivity index (χ4n) is 2.00. The van der Waals surface area contributed by atoms with Crippen molar-refractivity contribution in [2.24, 2.45) is 0 Å². The molecule has 0 radical (unpaired) electrons. The van der Waals surface area contributed by atoms with Crippen LogP contribution in [0.4, 0.5) is 8.78 Å². The van der Waals surface area contributed by atoms with Crippen LogP contribution in [0, 0.1) is 11.6 Å². The van der Waals surface area contributed by atoms with E-state index in [4.69, 9.17) is 4.74 Å². The molecule has 0 amide bonds. The number of halogens is 2. The van der Waals surface area contributed by atoms with Crippen LogP contribution in [-0.2, 0) is 6.54 Å². The minimum atomic E-state index is -0.456. The molecule has 0 aromatic heterocycles. The molecule has 0 saturated heterocycles. The molecule has 2 aromatic rings. The van der Waals surface area contributed by atoms with Crippen molar-refractivity contribution >= 4 is 0 Å². The third-order valence-electron chi connectivity index (χ3n) is 2.90. The van der Waals surface area contributed by atoms with E-state index in [1.807, 2.05) is 6.07 Å². The molecule has 0 aliphatic rings. The van der Waals surface area contributed by atoms with Gasteiger partial charge in [0, 0.05) is 12.1 Å². The zero-order valence-corrected chi connectivity index (χ0v) is 10.8. The second-order valence-electron chi connectivity index (χ2n) is 4.18. The molecule has 2 aromatic carbocycles. The molecule has 100 valence electrons. The Bertz CT molecular complexity index is 584. The predicted octanol–water partition coefficient (Wildman–Crippen LogP) is 3.36. The van der Waals surface area contributed by atoms with Crippen LogP contribution in [-0.4, -0.2) is 14.2 Å². The third-order valence-corrected chi connectivity index (χ3v) is 2.90. The van der Waals surface area contributed by atoms with Crippen molar-refractivity contribution in [3.05, 3.63) is 53.6 Å². The lowest BCUT2D eigenvalue weighted by Crippen LogP contribution is -2.07. The van der Waals surface area contributed by atoms with Crippen molar-refractivity contribution in [2.45, 2.75) is 6.54 Å². The number of ether oxygens (including phenoxy) is 1. The highest BCUT2D eigenvalue weighted by molar-refractivity contribution is 5.69. The van der Waals surface area contributed by atoms with Gasteiger partial charge in [-0.3, -0.25) is 0 Å². The summed E-state index contributed by atoms with van der Waals surface area (Å²) < 4.78 is 32.3. The second-order valence-corrected chi connectivity index (χ2v) is 4.18.